The topological polar surface area (TPSA) is 195 Å². The first-order valence-corrected chi connectivity index (χ1v) is 16.6. The van der Waals surface area contributed by atoms with Crippen molar-refractivity contribution in [3.63, 3.8) is 0 Å². The lowest BCUT2D eigenvalue weighted by Gasteiger charge is -2.34. The van der Waals surface area contributed by atoms with Crippen LogP contribution >= 0.6 is 0 Å². The first-order chi connectivity index (χ1) is 21.7. The van der Waals surface area contributed by atoms with Crippen molar-refractivity contribution >= 4 is 33.6 Å². The molecular weight excluding hydrogens is 629 g/mol. The number of nitrogens with one attached hydrogen (secondary N) is 2. The number of piperidine rings is 1. The molecule has 2 amide bonds. The SMILES string of the molecule is N#Cc1ccc(CCNC(=O)[C@@H]2CCCN2c2cc(N3CCC(CCNC(=O)[C@@H](N)CS(=O)(=O)O)CC3)nc(C(F)(F)F)n2)cc1. The number of carbonyl (C=O) groups excluding carboxylic acids is 2. The van der Waals surface area contributed by atoms with E-state index in [2.05, 4.69) is 20.6 Å². The molecule has 2 aliphatic heterocycles. The monoisotopic (exact) mass is 666 g/mol. The maximum absolute atomic E-state index is 13.9. The summed E-state index contributed by atoms with van der Waals surface area (Å²) in [6.45, 7) is 1.74. The number of halogens is 3. The standard InChI is InChI=1S/C29H37F3N8O5S/c30-29(31,32)28-37-24(39-14-9-20(10-15-39)8-11-35-26(41)22(34)18-46(43,44)45)16-25(38-28)40-13-1-2-23(40)27(42)36-12-7-19-3-5-21(17-33)6-4-19/h3-6,16,20,22-23H,1-2,7-15,18,34H2,(H,35,41)(H,36,42)(H,43,44,45)/t22-,23-/m0/s1. The van der Waals surface area contributed by atoms with Gasteiger partial charge in [0.05, 0.1) is 17.4 Å². The van der Waals surface area contributed by atoms with E-state index >= 15 is 0 Å². The fourth-order valence-electron chi connectivity index (χ4n) is 5.65. The molecule has 2 aliphatic rings. The van der Waals surface area contributed by atoms with Gasteiger partial charge in [-0.15, -0.1) is 0 Å². The molecule has 0 saturated carbocycles. The lowest BCUT2D eigenvalue weighted by atomic mass is 9.93. The van der Waals surface area contributed by atoms with Gasteiger partial charge in [-0.25, -0.2) is 9.97 Å². The van der Waals surface area contributed by atoms with Crippen molar-refractivity contribution in [3.8, 4) is 6.07 Å². The van der Waals surface area contributed by atoms with Crippen LogP contribution in [-0.2, 0) is 32.3 Å². The molecule has 13 nitrogen and oxygen atoms in total. The molecular formula is C29H37F3N8O5S. The number of hydrogen-bond donors (Lipinski definition) is 4. The van der Waals surface area contributed by atoms with Gasteiger partial charge in [0, 0.05) is 38.8 Å². The number of hydrogen-bond acceptors (Lipinski definition) is 10. The maximum atomic E-state index is 13.9. The number of aromatic nitrogens is 2. The van der Waals surface area contributed by atoms with Crippen LogP contribution in [0.3, 0.4) is 0 Å². The quantitative estimate of drug-likeness (QED) is 0.241. The second-order valence-electron chi connectivity index (χ2n) is 11.5. The van der Waals surface area contributed by atoms with Gasteiger partial charge in [-0.05, 0) is 62.1 Å². The molecule has 250 valence electrons. The summed E-state index contributed by atoms with van der Waals surface area (Å²) in [6.07, 6.45) is -1.41. The van der Waals surface area contributed by atoms with Crippen molar-refractivity contribution in [2.75, 3.05) is 48.3 Å². The van der Waals surface area contributed by atoms with Crippen LogP contribution in [0.15, 0.2) is 30.3 Å². The number of benzene rings is 1. The van der Waals surface area contributed by atoms with Crippen LogP contribution in [-0.4, -0.2) is 85.3 Å². The molecule has 17 heteroatoms. The summed E-state index contributed by atoms with van der Waals surface area (Å²) in [5.41, 5.74) is 6.97. The van der Waals surface area contributed by atoms with Gasteiger partial charge < -0.3 is 26.2 Å². The van der Waals surface area contributed by atoms with Gasteiger partial charge >= 0.3 is 6.18 Å². The number of nitrogens with zero attached hydrogens (tertiary/aromatic N) is 5. The molecule has 0 bridgehead atoms. The minimum Gasteiger partial charge on any atom is -0.356 e. The third-order valence-electron chi connectivity index (χ3n) is 8.12. The highest BCUT2D eigenvalue weighted by molar-refractivity contribution is 7.85. The lowest BCUT2D eigenvalue weighted by molar-refractivity contribution is -0.144. The molecule has 0 radical (unpaired) electrons. The summed E-state index contributed by atoms with van der Waals surface area (Å²) in [5.74, 6) is -2.87. The predicted octanol–water partition coefficient (Wildman–Crippen LogP) is 1.63. The van der Waals surface area contributed by atoms with E-state index in [0.29, 0.717) is 70.3 Å². The summed E-state index contributed by atoms with van der Waals surface area (Å²) in [7, 11) is -4.39. The summed E-state index contributed by atoms with van der Waals surface area (Å²) < 4.78 is 72.4. The van der Waals surface area contributed by atoms with E-state index in [1.807, 2.05) is 6.07 Å². The average Bonchev–Trinajstić information content (AvgIpc) is 3.51. The van der Waals surface area contributed by atoms with Crippen molar-refractivity contribution in [2.45, 2.75) is 56.8 Å². The fourth-order valence-corrected chi connectivity index (χ4v) is 6.25. The zero-order valence-electron chi connectivity index (χ0n) is 25.0. The summed E-state index contributed by atoms with van der Waals surface area (Å²) in [4.78, 5) is 36.1. The molecule has 0 spiro atoms. The van der Waals surface area contributed by atoms with Gasteiger partial charge in [-0.1, -0.05) is 12.1 Å². The summed E-state index contributed by atoms with van der Waals surface area (Å²) >= 11 is 0. The Bertz CT molecular complexity index is 1530. The Morgan fingerprint density at radius 1 is 1.07 bits per heavy atom. The molecule has 2 atom stereocenters. The van der Waals surface area contributed by atoms with Gasteiger partial charge in [-0.2, -0.15) is 26.9 Å². The smallest absolute Gasteiger partial charge is 0.356 e. The highest BCUT2D eigenvalue weighted by Gasteiger charge is 2.39. The number of alkyl halides is 3. The molecule has 5 N–H and O–H groups in total. The van der Waals surface area contributed by atoms with E-state index in [4.69, 9.17) is 15.5 Å². The molecule has 4 rings (SSSR count). The van der Waals surface area contributed by atoms with E-state index in [1.54, 1.807) is 34.1 Å². The Kier molecular flexibility index (Phi) is 11.4. The number of anilines is 2. The number of nitriles is 1. The Labute approximate surface area is 265 Å². The van der Waals surface area contributed by atoms with Crippen LogP contribution in [0, 0.1) is 17.2 Å². The van der Waals surface area contributed by atoms with Crippen molar-refractivity contribution in [3.05, 3.63) is 47.3 Å². The average molecular weight is 667 g/mol. The van der Waals surface area contributed by atoms with Crippen molar-refractivity contribution in [2.24, 2.45) is 11.7 Å². The third kappa shape index (κ3) is 9.74. The number of nitrogens with two attached hydrogens (primary N) is 1. The fraction of sp³-hybridized carbons (Fsp3) is 0.552. The zero-order valence-corrected chi connectivity index (χ0v) is 25.9. The van der Waals surface area contributed by atoms with E-state index in [-0.39, 0.29) is 30.0 Å². The van der Waals surface area contributed by atoms with Gasteiger partial charge in [0.2, 0.25) is 17.6 Å². The Morgan fingerprint density at radius 3 is 2.37 bits per heavy atom. The first kappa shape index (κ1) is 34.9. The highest BCUT2D eigenvalue weighted by atomic mass is 32.2. The first-order valence-electron chi connectivity index (χ1n) is 15.0. The summed E-state index contributed by atoms with van der Waals surface area (Å²) in [6, 6.07) is 8.46. The van der Waals surface area contributed by atoms with Crippen LogP contribution in [0.25, 0.3) is 0 Å². The second-order valence-corrected chi connectivity index (χ2v) is 13.0. The van der Waals surface area contributed by atoms with E-state index < -0.39 is 45.9 Å². The molecule has 3 heterocycles. The minimum absolute atomic E-state index is 0.0353. The van der Waals surface area contributed by atoms with Crippen LogP contribution in [0.1, 0.15) is 49.1 Å². The van der Waals surface area contributed by atoms with Gasteiger partial charge in [0.1, 0.15) is 23.7 Å². The lowest BCUT2D eigenvalue weighted by Crippen LogP contribution is -2.45. The minimum atomic E-state index is -4.80. The largest absolute Gasteiger partial charge is 0.451 e. The van der Waals surface area contributed by atoms with Gasteiger partial charge in [0.25, 0.3) is 10.1 Å². The molecule has 46 heavy (non-hydrogen) atoms. The highest BCUT2D eigenvalue weighted by Crippen LogP contribution is 2.34. The number of carbonyl (C=O) groups is 2. The van der Waals surface area contributed by atoms with E-state index in [1.165, 1.54) is 6.07 Å². The third-order valence-corrected chi connectivity index (χ3v) is 8.90. The van der Waals surface area contributed by atoms with Crippen molar-refractivity contribution in [1.82, 2.24) is 20.6 Å². The second kappa shape index (κ2) is 15.1. The van der Waals surface area contributed by atoms with Crippen LogP contribution in [0.2, 0.25) is 0 Å². The maximum Gasteiger partial charge on any atom is 0.451 e. The van der Waals surface area contributed by atoms with Crippen molar-refractivity contribution in [1.29, 1.82) is 5.26 Å². The molecule has 0 unspecified atom stereocenters. The molecule has 2 fully saturated rings. The Morgan fingerprint density at radius 2 is 1.74 bits per heavy atom. The molecule has 0 aliphatic carbocycles. The molecule has 2 saturated heterocycles. The Balaban J connectivity index is 1.35. The van der Waals surface area contributed by atoms with E-state index in [0.717, 1.165) is 5.56 Å². The van der Waals surface area contributed by atoms with Gasteiger partial charge in [0.15, 0.2) is 0 Å². The summed E-state index contributed by atoms with van der Waals surface area (Å²) in [5, 5.41) is 14.4. The van der Waals surface area contributed by atoms with Crippen LogP contribution in [0.5, 0.6) is 0 Å². The van der Waals surface area contributed by atoms with Crippen LogP contribution in [0.4, 0.5) is 24.8 Å². The van der Waals surface area contributed by atoms with Crippen molar-refractivity contribution < 1.29 is 35.7 Å². The zero-order chi connectivity index (χ0) is 33.5. The number of amides is 2. The van der Waals surface area contributed by atoms with Crippen LogP contribution < -0.4 is 26.2 Å². The Hall–Kier alpha value is -4.01. The van der Waals surface area contributed by atoms with E-state index in [9.17, 15) is 31.2 Å². The predicted molar refractivity (Wildman–Crippen MR) is 162 cm³/mol. The molecule has 2 aromatic rings. The number of rotatable bonds is 12. The molecule has 1 aromatic heterocycles. The normalized spacial score (nSPS) is 18.2. The molecule has 1 aromatic carbocycles. The van der Waals surface area contributed by atoms with Gasteiger partial charge in [-0.3, -0.25) is 14.1 Å².